The third-order valence-corrected chi connectivity index (χ3v) is 4.02. The Labute approximate surface area is 104 Å². The number of anilines is 3. The van der Waals surface area contributed by atoms with Gasteiger partial charge in [-0.2, -0.15) is 8.42 Å². The molecule has 6 heteroatoms. The van der Waals surface area contributed by atoms with Crippen molar-refractivity contribution in [3.05, 3.63) is 54.3 Å². The van der Waals surface area contributed by atoms with Crippen LogP contribution in [0, 0.1) is 5.82 Å². The van der Waals surface area contributed by atoms with Crippen LogP contribution in [0.2, 0.25) is 0 Å². The third kappa shape index (κ3) is 1.53. The fourth-order valence-electron chi connectivity index (χ4n) is 1.93. The summed E-state index contributed by atoms with van der Waals surface area (Å²) in [6.45, 7) is 0. The molecule has 0 unspecified atom stereocenters. The van der Waals surface area contributed by atoms with Gasteiger partial charge in [-0.05, 0) is 24.3 Å². The monoisotopic (exact) mass is 264 g/mol. The van der Waals surface area contributed by atoms with Crippen molar-refractivity contribution in [1.82, 2.24) is 0 Å². The molecule has 0 saturated heterocycles. The molecule has 18 heavy (non-hydrogen) atoms. The van der Waals surface area contributed by atoms with Gasteiger partial charge in [0.2, 0.25) is 0 Å². The Hall–Kier alpha value is -2.08. The maximum absolute atomic E-state index is 13.6. The van der Waals surface area contributed by atoms with E-state index in [1.807, 2.05) is 0 Å². The highest BCUT2D eigenvalue weighted by Crippen LogP contribution is 2.41. The lowest BCUT2D eigenvalue weighted by Crippen LogP contribution is -2.25. The summed E-state index contributed by atoms with van der Waals surface area (Å²) in [5, 5.41) is 0. The second-order valence-corrected chi connectivity index (χ2v) is 5.36. The molecule has 0 amide bonds. The van der Waals surface area contributed by atoms with Crippen LogP contribution < -0.4 is 9.03 Å². The molecule has 1 heterocycles. The lowest BCUT2D eigenvalue weighted by atomic mass is 10.2. The summed E-state index contributed by atoms with van der Waals surface area (Å²) in [4.78, 5) is 0. The van der Waals surface area contributed by atoms with Gasteiger partial charge < -0.3 is 0 Å². The molecule has 0 spiro atoms. The summed E-state index contributed by atoms with van der Waals surface area (Å²) >= 11 is 0. The third-order valence-electron chi connectivity index (χ3n) is 2.67. The molecule has 2 aromatic carbocycles. The van der Waals surface area contributed by atoms with Crippen molar-refractivity contribution in [2.45, 2.75) is 0 Å². The second-order valence-electron chi connectivity index (χ2n) is 3.84. The van der Waals surface area contributed by atoms with Gasteiger partial charge in [0, 0.05) is 0 Å². The SMILES string of the molecule is O=S1(=O)Nc2c(F)cccc2N1c1ccccc1. The van der Waals surface area contributed by atoms with E-state index in [1.54, 1.807) is 36.4 Å². The van der Waals surface area contributed by atoms with Crippen molar-refractivity contribution >= 4 is 27.3 Å². The maximum atomic E-state index is 13.6. The van der Waals surface area contributed by atoms with Gasteiger partial charge in [-0.25, -0.2) is 8.70 Å². The summed E-state index contributed by atoms with van der Waals surface area (Å²) in [5.41, 5.74) is 0.747. The smallest absolute Gasteiger partial charge is 0.261 e. The first kappa shape index (κ1) is 11.0. The predicted octanol–water partition coefficient (Wildman–Crippen LogP) is 2.63. The molecule has 4 nitrogen and oxygen atoms in total. The van der Waals surface area contributed by atoms with E-state index in [2.05, 4.69) is 4.72 Å². The Bertz CT molecular complexity index is 701. The molecular weight excluding hydrogens is 255 g/mol. The van der Waals surface area contributed by atoms with Crippen LogP contribution in [-0.4, -0.2) is 8.42 Å². The molecule has 0 fully saturated rings. The Morgan fingerprint density at radius 3 is 2.44 bits per heavy atom. The van der Waals surface area contributed by atoms with Gasteiger partial charge in [-0.15, -0.1) is 0 Å². The second kappa shape index (κ2) is 3.71. The summed E-state index contributed by atoms with van der Waals surface area (Å²) in [6.07, 6.45) is 0. The fraction of sp³-hybridized carbons (Fsp3) is 0. The number of fused-ring (bicyclic) bond motifs is 1. The van der Waals surface area contributed by atoms with Gasteiger partial charge in [0.05, 0.1) is 11.4 Å². The number of para-hydroxylation sites is 2. The first-order valence-electron chi connectivity index (χ1n) is 5.26. The van der Waals surface area contributed by atoms with Crippen LogP contribution in [0.15, 0.2) is 48.5 Å². The van der Waals surface area contributed by atoms with Crippen LogP contribution >= 0.6 is 0 Å². The molecule has 1 aliphatic rings. The van der Waals surface area contributed by atoms with Gasteiger partial charge >= 0.3 is 10.2 Å². The van der Waals surface area contributed by atoms with Crippen LogP contribution in [0.3, 0.4) is 0 Å². The normalized spacial score (nSPS) is 16.2. The number of benzene rings is 2. The quantitative estimate of drug-likeness (QED) is 0.860. The minimum absolute atomic E-state index is 0.0126. The first-order chi connectivity index (χ1) is 8.59. The number of hydrogen-bond donors (Lipinski definition) is 1. The molecule has 0 bridgehead atoms. The standard InChI is InChI=1S/C12H9FN2O2S/c13-10-7-4-8-11-12(10)14-18(16,17)15(11)9-5-2-1-3-6-9/h1-8,14H. The molecule has 1 N–H and O–H groups in total. The molecule has 0 aliphatic carbocycles. The Kier molecular flexibility index (Phi) is 2.27. The Morgan fingerprint density at radius 2 is 1.72 bits per heavy atom. The highest BCUT2D eigenvalue weighted by Gasteiger charge is 2.35. The highest BCUT2D eigenvalue weighted by molar-refractivity contribution is 7.95. The van der Waals surface area contributed by atoms with E-state index >= 15 is 0 Å². The Morgan fingerprint density at radius 1 is 1.00 bits per heavy atom. The number of nitrogens with zero attached hydrogens (tertiary/aromatic N) is 1. The lowest BCUT2D eigenvalue weighted by molar-refractivity contribution is 0.602. The van der Waals surface area contributed by atoms with Gasteiger partial charge in [0.1, 0.15) is 11.5 Å². The molecule has 92 valence electrons. The van der Waals surface area contributed by atoms with Crippen molar-refractivity contribution in [1.29, 1.82) is 0 Å². The van der Waals surface area contributed by atoms with E-state index in [0.29, 0.717) is 11.4 Å². The Balaban J connectivity index is 2.25. The van der Waals surface area contributed by atoms with Gasteiger partial charge in [-0.1, -0.05) is 24.3 Å². The van der Waals surface area contributed by atoms with E-state index < -0.39 is 16.0 Å². The van der Waals surface area contributed by atoms with Crippen molar-refractivity contribution in [3.63, 3.8) is 0 Å². The zero-order chi connectivity index (χ0) is 12.8. The maximum Gasteiger partial charge on any atom is 0.328 e. The van der Waals surface area contributed by atoms with E-state index in [0.717, 1.165) is 4.31 Å². The molecule has 0 radical (unpaired) electrons. The molecule has 2 aromatic rings. The first-order valence-corrected chi connectivity index (χ1v) is 6.70. The molecule has 0 aromatic heterocycles. The zero-order valence-electron chi connectivity index (χ0n) is 9.17. The minimum atomic E-state index is -3.78. The van der Waals surface area contributed by atoms with E-state index in [9.17, 15) is 12.8 Å². The van der Waals surface area contributed by atoms with Gasteiger partial charge in [-0.3, -0.25) is 4.72 Å². The summed E-state index contributed by atoms with van der Waals surface area (Å²) in [5.74, 6) is -0.588. The molecular formula is C12H9FN2O2S. The van der Waals surface area contributed by atoms with Crippen molar-refractivity contribution < 1.29 is 12.8 Å². The van der Waals surface area contributed by atoms with E-state index in [-0.39, 0.29) is 5.69 Å². The van der Waals surface area contributed by atoms with Crippen molar-refractivity contribution in [2.24, 2.45) is 0 Å². The van der Waals surface area contributed by atoms with Crippen LogP contribution in [0.1, 0.15) is 0 Å². The summed E-state index contributed by atoms with van der Waals surface area (Å²) in [7, 11) is -3.78. The van der Waals surface area contributed by atoms with Crippen LogP contribution in [0.5, 0.6) is 0 Å². The van der Waals surface area contributed by atoms with Crippen LogP contribution in [0.25, 0.3) is 0 Å². The highest BCUT2D eigenvalue weighted by atomic mass is 32.2. The number of nitrogens with one attached hydrogen (secondary N) is 1. The average molecular weight is 264 g/mol. The van der Waals surface area contributed by atoms with Gasteiger partial charge in [0.15, 0.2) is 0 Å². The molecule has 0 saturated carbocycles. The summed E-state index contributed by atoms with van der Waals surface area (Å²) < 4.78 is 40.9. The summed E-state index contributed by atoms with van der Waals surface area (Å²) in [6, 6.07) is 12.8. The fourth-order valence-corrected chi connectivity index (χ4v) is 3.29. The van der Waals surface area contributed by atoms with E-state index in [1.165, 1.54) is 12.1 Å². The number of halogens is 1. The van der Waals surface area contributed by atoms with Crippen LogP contribution in [0.4, 0.5) is 21.5 Å². The van der Waals surface area contributed by atoms with E-state index in [4.69, 9.17) is 0 Å². The minimum Gasteiger partial charge on any atom is -0.261 e. The van der Waals surface area contributed by atoms with Crippen LogP contribution in [-0.2, 0) is 10.2 Å². The number of hydrogen-bond acceptors (Lipinski definition) is 2. The predicted molar refractivity (Wildman–Crippen MR) is 67.5 cm³/mol. The topological polar surface area (TPSA) is 49.4 Å². The lowest BCUT2D eigenvalue weighted by Gasteiger charge is -2.16. The molecule has 1 aliphatic heterocycles. The average Bonchev–Trinajstić information content (AvgIpc) is 2.62. The van der Waals surface area contributed by atoms with Crippen molar-refractivity contribution in [2.75, 3.05) is 9.03 Å². The largest absolute Gasteiger partial charge is 0.328 e. The molecule has 3 rings (SSSR count). The zero-order valence-corrected chi connectivity index (χ0v) is 9.99. The van der Waals surface area contributed by atoms with Crippen molar-refractivity contribution in [3.8, 4) is 0 Å². The molecule has 0 atom stereocenters. The number of rotatable bonds is 1. The van der Waals surface area contributed by atoms with Gasteiger partial charge in [0.25, 0.3) is 0 Å².